The summed E-state index contributed by atoms with van der Waals surface area (Å²) >= 11 is 0. The Morgan fingerprint density at radius 1 is 1.00 bits per heavy atom. The Labute approximate surface area is 152 Å². The lowest BCUT2D eigenvalue weighted by atomic mass is 10.1. The van der Waals surface area contributed by atoms with E-state index in [0.717, 1.165) is 18.7 Å². The number of nitrogens with zero attached hydrogens (tertiary/aromatic N) is 5. The predicted octanol–water partition coefficient (Wildman–Crippen LogP) is 2.53. The number of anilines is 2. The van der Waals surface area contributed by atoms with E-state index in [-0.39, 0.29) is 5.95 Å². The van der Waals surface area contributed by atoms with Crippen molar-refractivity contribution in [2.45, 2.75) is 13.8 Å². The lowest BCUT2D eigenvalue weighted by Crippen LogP contribution is -2.24. The van der Waals surface area contributed by atoms with Gasteiger partial charge in [0, 0.05) is 18.7 Å². The molecule has 0 aliphatic heterocycles. The number of rotatable bonds is 6. The van der Waals surface area contributed by atoms with Crippen LogP contribution < -0.4 is 20.1 Å². The monoisotopic (exact) mass is 354 g/mol. The van der Waals surface area contributed by atoms with E-state index >= 15 is 0 Å². The largest absolute Gasteiger partial charge is 0.493 e. The minimum absolute atomic E-state index is 0.188. The van der Waals surface area contributed by atoms with Crippen LogP contribution in [0.5, 0.6) is 11.5 Å². The summed E-state index contributed by atoms with van der Waals surface area (Å²) in [5, 5.41) is 0. The first-order chi connectivity index (χ1) is 12.6. The van der Waals surface area contributed by atoms with Crippen LogP contribution in [0, 0.1) is 0 Å². The zero-order valence-electron chi connectivity index (χ0n) is 15.4. The Balaban J connectivity index is 2.17. The summed E-state index contributed by atoms with van der Waals surface area (Å²) in [5.41, 5.74) is 8.50. The average molecular weight is 354 g/mol. The molecule has 1 aromatic carbocycles. The van der Waals surface area contributed by atoms with E-state index < -0.39 is 0 Å². The van der Waals surface area contributed by atoms with Gasteiger partial charge in [-0.3, -0.25) is 0 Å². The van der Waals surface area contributed by atoms with Crippen LogP contribution in [0.4, 0.5) is 11.8 Å². The van der Waals surface area contributed by atoms with Crippen LogP contribution in [0.15, 0.2) is 24.4 Å². The van der Waals surface area contributed by atoms with Gasteiger partial charge in [0.15, 0.2) is 28.5 Å². The molecule has 8 heteroatoms. The van der Waals surface area contributed by atoms with E-state index in [2.05, 4.69) is 33.7 Å². The fraction of sp³-hybridized carbons (Fsp3) is 0.333. The molecule has 2 heterocycles. The van der Waals surface area contributed by atoms with Crippen LogP contribution >= 0.6 is 0 Å². The van der Waals surface area contributed by atoms with Gasteiger partial charge in [0.05, 0.1) is 26.1 Å². The molecule has 0 saturated heterocycles. The fourth-order valence-corrected chi connectivity index (χ4v) is 2.79. The highest BCUT2D eigenvalue weighted by atomic mass is 16.5. The molecule has 0 fully saturated rings. The maximum absolute atomic E-state index is 5.84. The van der Waals surface area contributed by atoms with Crippen molar-refractivity contribution in [2.75, 3.05) is 37.9 Å². The zero-order valence-corrected chi connectivity index (χ0v) is 15.4. The SMILES string of the molecule is CCN(CC)c1nc(N)nc2ncc(-c3ccc(OC)c(OC)c3)nc12. The molecule has 0 saturated carbocycles. The van der Waals surface area contributed by atoms with Gasteiger partial charge in [-0.25, -0.2) is 9.97 Å². The number of nitrogen functional groups attached to an aromatic ring is 1. The summed E-state index contributed by atoms with van der Waals surface area (Å²) in [4.78, 5) is 19.9. The third-order valence-corrected chi connectivity index (χ3v) is 4.15. The summed E-state index contributed by atoms with van der Waals surface area (Å²) in [6.07, 6.45) is 1.67. The van der Waals surface area contributed by atoms with Crippen molar-refractivity contribution in [2.24, 2.45) is 0 Å². The summed E-state index contributed by atoms with van der Waals surface area (Å²) in [6, 6.07) is 5.61. The molecule has 2 N–H and O–H groups in total. The van der Waals surface area contributed by atoms with Crippen LogP contribution in [0.1, 0.15) is 13.8 Å². The minimum atomic E-state index is 0.188. The Bertz CT molecular complexity index is 927. The second kappa shape index (κ2) is 7.38. The van der Waals surface area contributed by atoms with Crippen molar-refractivity contribution in [1.82, 2.24) is 19.9 Å². The fourth-order valence-electron chi connectivity index (χ4n) is 2.79. The number of hydrogen-bond acceptors (Lipinski definition) is 8. The lowest BCUT2D eigenvalue weighted by Gasteiger charge is -2.20. The van der Waals surface area contributed by atoms with Crippen molar-refractivity contribution in [3.8, 4) is 22.8 Å². The van der Waals surface area contributed by atoms with Crippen molar-refractivity contribution < 1.29 is 9.47 Å². The number of nitrogens with two attached hydrogens (primary N) is 1. The van der Waals surface area contributed by atoms with Crippen LogP contribution in [0.2, 0.25) is 0 Å². The molecule has 8 nitrogen and oxygen atoms in total. The molecule has 0 spiro atoms. The molecule has 0 amide bonds. The number of ether oxygens (including phenoxy) is 2. The van der Waals surface area contributed by atoms with Crippen LogP contribution in [-0.4, -0.2) is 47.2 Å². The summed E-state index contributed by atoms with van der Waals surface area (Å²) < 4.78 is 10.7. The number of aromatic nitrogens is 4. The third kappa shape index (κ3) is 3.17. The predicted molar refractivity (Wildman–Crippen MR) is 102 cm³/mol. The van der Waals surface area contributed by atoms with E-state index in [1.165, 1.54) is 0 Å². The van der Waals surface area contributed by atoms with E-state index in [1.807, 2.05) is 18.2 Å². The van der Waals surface area contributed by atoms with Gasteiger partial charge in [-0.1, -0.05) is 0 Å². The second-order valence-electron chi connectivity index (χ2n) is 5.57. The van der Waals surface area contributed by atoms with Gasteiger partial charge in [0.2, 0.25) is 5.95 Å². The van der Waals surface area contributed by atoms with E-state index in [1.54, 1.807) is 20.4 Å². The van der Waals surface area contributed by atoms with Gasteiger partial charge in [-0.15, -0.1) is 0 Å². The molecule has 26 heavy (non-hydrogen) atoms. The van der Waals surface area contributed by atoms with E-state index in [9.17, 15) is 0 Å². The van der Waals surface area contributed by atoms with Crippen molar-refractivity contribution >= 4 is 22.9 Å². The number of methoxy groups -OCH3 is 2. The van der Waals surface area contributed by atoms with Gasteiger partial charge in [0.1, 0.15) is 0 Å². The molecule has 0 aliphatic rings. The first-order valence-corrected chi connectivity index (χ1v) is 8.38. The maximum atomic E-state index is 5.84. The Kier molecular flexibility index (Phi) is 5.01. The minimum Gasteiger partial charge on any atom is -0.493 e. The standard InChI is InChI=1S/C18H22N6O2/c1-5-24(6-2)17-15-16(22-18(19)23-17)20-10-12(21-15)11-7-8-13(25-3)14(9-11)26-4/h7-10H,5-6H2,1-4H3,(H2,19,20,22,23). The first kappa shape index (κ1) is 17.7. The van der Waals surface area contributed by atoms with Crippen molar-refractivity contribution in [1.29, 1.82) is 0 Å². The zero-order chi connectivity index (χ0) is 18.7. The molecule has 3 rings (SSSR count). The van der Waals surface area contributed by atoms with E-state index in [4.69, 9.17) is 20.2 Å². The third-order valence-electron chi connectivity index (χ3n) is 4.15. The molecular weight excluding hydrogens is 332 g/mol. The summed E-state index contributed by atoms with van der Waals surface area (Å²) in [6.45, 7) is 5.67. The maximum Gasteiger partial charge on any atom is 0.224 e. The Hall–Kier alpha value is -3.16. The number of hydrogen-bond donors (Lipinski definition) is 1. The van der Waals surface area contributed by atoms with Crippen molar-refractivity contribution in [3.63, 3.8) is 0 Å². The quantitative estimate of drug-likeness (QED) is 0.721. The molecule has 0 bridgehead atoms. The lowest BCUT2D eigenvalue weighted by molar-refractivity contribution is 0.355. The molecule has 0 atom stereocenters. The van der Waals surface area contributed by atoms with Crippen LogP contribution in [0.25, 0.3) is 22.4 Å². The smallest absolute Gasteiger partial charge is 0.224 e. The normalized spacial score (nSPS) is 10.8. The van der Waals surface area contributed by atoms with Gasteiger partial charge in [0.25, 0.3) is 0 Å². The van der Waals surface area contributed by atoms with Crippen LogP contribution in [-0.2, 0) is 0 Å². The second-order valence-corrected chi connectivity index (χ2v) is 5.57. The van der Waals surface area contributed by atoms with Gasteiger partial charge in [-0.2, -0.15) is 9.97 Å². The molecule has 3 aromatic rings. The molecule has 2 aromatic heterocycles. The number of fused-ring (bicyclic) bond motifs is 1. The summed E-state index contributed by atoms with van der Waals surface area (Å²) in [7, 11) is 3.20. The summed E-state index contributed by atoms with van der Waals surface area (Å²) in [5.74, 6) is 2.16. The van der Waals surface area contributed by atoms with Gasteiger partial charge >= 0.3 is 0 Å². The molecule has 0 unspecified atom stereocenters. The highest BCUT2D eigenvalue weighted by molar-refractivity contribution is 5.85. The highest BCUT2D eigenvalue weighted by Crippen LogP contribution is 2.32. The Morgan fingerprint density at radius 2 is 1.73 bits per heavy atom. The Morgan fingerprint density at radius 3 is 2.38 bits per heavy atom. The topological polar surface area (TPSA) is 99.3 Å². The molecule has 136 valence electrons. The molecular formula is C18H22N6O2. The van der Waals surface area contributed by atoms with Gasteiger partial charge < -0.3 is 20.1 Å². The highest BCUT2D eigenvalue weighted by Gasteiger charge is 2.16. The average Bonchev–Trinajstić information content (AvgIpc) is 2.68. The molecule has 0 radical (unpaired) electrons. The van der Waals surface area contributed by atoms with Crippen molar-refractivity contribution in [3.05, 3.63) is 24.4 Å². The first-order valence-electron chi connectivity index (χ1n) is 8.38. The van der Waals surface area contributed by atoms with Gasteiger partial charge in [-0.05, 0) is 32.0 Å². The number of benzene rings is 1. The molecule has 0 aliphatic carbocycles. The van der Waals surface area contributed by atoms with E-state index in [0.29, 0.717) is 34.2 Å². The van der Waals surface area contributed by atoms with Crippen LogP contribution in [0.3, 0.4) is 0 Å².